The largest absolute Gasteiger partial charge is 0.484 e. The number of hydrogen-bond acceptors (Lipinski definition) is 7. The van der Waals surface area contributed by atoms with Crippen molar-refractivity contribution in [2.45, 2.75) is 22.5 Å². The Kier molecular flexibility index (Phi) is 9.21. The molecule has 220 valence electrons. The minimum Gasteiger partial charge on any atom is -0.484 e. The van der Waals surface area contributed by atoms with Crippen LogP contribution in [0.15, 0.2) is 82.6 Å². The molecule has 1 fully saturated rings. The maximum absolute atomic E-state index is 12.9. The van der Waals surface area contributed by atoms with E-state index >= 15 is 0 Å². The number of rotatable bonds is 10. The van der Waals surface area contributed by atoms with Gasteiger partial charge in [0.1, 0.15) is 5.75 Å². The molecule has 0 saturated carbocycles. The second-order valence-corrected chi connectivity index (χ2v) is 12.5. The van der Waals surface area contributed by atoms with Gasteiger partial charge in [0, 0.05) is 25.3 Å². The van der Waals surface area contributed by atoms with Gasteiger partial charge >= 0.3 is 6.18 Å². The smallest absolute Gasteiger partial charge is 0.416 e. The molecule has 0 aliphatic carbocycles. The molecule has 0 unspecified atom stereocenters. The number of halogens is 3. The van der Waals surface area contributed by atoms with Crippen LogP contribution in [0.25, 0.3) is 0 Å². The summed E-state index contributed by atoms with van der Waals surface area (Å²) in [5.74, 6) is -0.284. The average Bonchev–Trinajstić information content (AvgIpc) is 2.95. The number of anilines is 1. The van der Waals surface area contributed by atoms with E-state index in [2.05, 4.69) is 10.0 Å². The SMILES string of the molecule is O=C(COc1ccc(S(=O)(=O)Nc2cccc(C(F)(F)F)c2)cc1)NCc1ccc(S(=O)(=O)N2CCOCC2)cc1. The van der Waals surface area contributed by atoms with Crippen LogP contribution in [0, 0.1) is 0 Å². The molecule has 2 N–H and O–H groups in total. The number of carbonyl (C=O) groups excluding carboxylic acids is 1. The number of sulfonamides is 2. The molecule has 0 aromatic heterocycles. The van der Waals surface area contributed by atoms with E-state index in [1.807, 2.05) is 0 Å². The van der Waals surface area contributed by atoms with E-state index in [4.69, 9.17) is 9.47 Å². The lowest BCUT2D eigenvalue weighted by Gasteiger charge is -2.26. The zero-order valence-electron chi connectivity index (χ0n) is 21.4. The summed E-state index contributed by atoms with van der Waals surface area (Å²) in [7, 11) is -7.80. The molecule has 3 aromatic rings. The highest BCUT2D eigenvalue weighted by Gasteiger charge is 2.31. The summed E-state index contributed by atoms with van der Waals surface area (Å²) >= 11 is 0. The molecule has 15 heteroatoms. The zero-order chi connectivity index (χ0) is 29.7. The summed E-state index contributed by atoms with van der Waals surface area (Å²) in [6.45, 7) is 1.01. The van der Waals surface area contributed by atoms with Gasteiger partial charge in [0.15, 0.2) is 6.61 Å². The molecular weight excluding hydrogens is 587 g/mol. The van der Waals surface area contributed by atoms with Crippen molar-refractivity contribution in [3.63, 3.8) is 0 Å². The maximum atomic E-state index is 12.9. The predicted octanol–water partition coefficient (Wildman–Crippen LogP) is 3.22. The molecule has 0 spiro atoms. The second-order valence-electron chi connectivity index (χ2n) is 8.88. The number of benzene rings is 3. The summed E-state index contributed by atoms with van der Waals surface area (Å²) in [5, 5.41) is 2.64. The third-order valence-electron chi connectivity index (χ3n) is 5.97. The van der Waals surface area contributed by atoms with E-state index in [9.17, 15) is 34.8 Å². The van der Waals surface area contributed by atoms with Crippen molar-refractivity contribution in [2.75, 3.05) is 37.6 Å². The van der Waals surface area contributed by atoms with Gasteiger partial charge < -0.3 is 14.8 Å². The third-order valence-corrected chi connectivity index (χ3v) is 9.28. The van der Waals surface area contributed by atoms with Crippen LogP contribution in [0.1, 0.15) is 11.1 Å². The van der Waals surface area contributed by atoms with Crippen molar-refractivity contribution < 1.29 is 44.3 Å². The van der Waals surface area contributed by atoms with Crippen LogP contribution in [-0.2, 0) is 42.3 Å². The van der Waals surface area contributed by atoms with E-state index in [1.54, 1.807) is 12.1 Å². The molecule has 10 nitrogen and oxygen atoms in total. The molecule has 0 radical (unpaired) electrons. The Morgan fingerprint density at radius 2 is 1.54 bits per heavy atom. The first-order chi connectivity index (χ1) is 19.3. The summed E-state index contributed by atoms with van der Waals surface area (Å²) < 4.78 is 103. The number of carbonyl (C=O) groups is 1. The number of morpholine rings is 1. The number of hydrogen-bond donors (Lipinski definition) is 2. The molecule has 1 heterocycles. The fourth-order valence-electron chi connectivity index (χ4n) is 3.80. The fourth-order valence-corrected chi connectivity index (χ4v) is 6.26. The van der Waals surface area contributed by atoms with Gasteiger partial charge in [-0.25, -0.2) is 16.8 Å². The van der Waals surface area contributed by atoms with Crippen LogP contribution >= 0.6 is 0 Å². The van der Waals surface area contributed by atoms with Crippen molar-refractivity contribution in [1.29, 1.82) is 0 Å². The molecule has 1 aliphatic heterocycles. The Balaban J connectivity index is 1.26. The van der Waals surface area contributed by atoms with Crippen LogP contribution in [0.2, 0.25) is 0 Å². The maximum Gasteiger partial charge on any atom is 0.416 e. The Labute approximate surface area is 235 Å². The molecule has 0 atom stereocenters. The molecule has 1 saturated heterocycles. The highest BCUT2D eigenvalue weighted by atomic mass is 32.2. The summed E-state index contributed by atoms with van der Waals surface area (Å²) in [6.07, 6.45) is -4.62. The van der Waals surface area contributed by atoms with Gasteiger partial charge in [-0.2, -0.15) is 17.5 Å². The van der Waals surface area contributed by atoms with Crippen LogP contribution in [0.3, 0.4) is 0 Å². The Morgan fingerprint density at radius 3 is 2.17 bits per heavy atom. The number of nitrogens with one attached hydrogen (secondary N) is 2. The summed E-state index contributed by atoms with van der Waals surface area (Å²) in [6, 6.07) is 14.9. The molecule has 1 amide bonds. The van der Waals surface area contributed by atoms with E-state index < -0.39 is 37.7 Å². The summed E-state index contributed by atoms with van der Waals surface area (Å²) in [5.41, 5.74) is -0.569. The first kappa shape index (κ1) is 30.3. The van der Waals surface area contributed by atoms with Gasteiger partial charge in [0.2, 0.25) is 10.0 Å². The summed E-state index contributed by atoms with van der Waals surface area (Å²) in [4.78, 5) is 12.1. The van der Waals surface area contributed by atoms with Crippen molar-refractivity contribution in [1.82, 2.24) is 9.62 Å². The molecule has 3 aromatic carbocycles. The van der Waals surface area contributed by atoms with Gasteiger partial charge in [-0.3, -0.25) is 9.52 Å². The van der Waals surface area contributed by atoms with Crippen molar-refractivity contribution in [3.8, 4) is 5.75 Å². The number of ether oxygens (including phenoxy) is 2. The molecule has 41 heavy (non-hydrogen) atoms. The average molecular weight is 614 g/mol. The lowest BCUT2D eigenvalue weighted by atomic mass is 10.2. The Hall–Kier alpha value is -3.66. The molecular formula is C26H26F3N3O7S2. The zero-order valence-corrected chi connectivity index (χ0v) is 23.1. The highest BCUT2D eigenvalue weighted by Crippen LogP contribution is 2.31. The standard InChI is InChI=1S/C26H26F3N3O7S2/c27-26(28,29)20-2-1-3-21(16-20)31-40(34,35)23-10-6-22(7-11-23)39-18-25(33)30-17-19-4-8-24(9-5-19)41(36,37)32-12-14-38-15-13-32/h1-11,16,31H,12-15,17-18H2,(H,30,33). The monoisotopic (exact) mass is 613 g/mol. The quantitative estimate of drug-likeness (QED) is 0.359. The highest BCUT2D eigenvalue weighted by molar-refractivity contribution is 7.92. The van der Waals surface area contributed by atoms with Crippen molar-refractivity contribution >= 4 is 31.6 Å². The van der Waals surface area contributed by atoms with Crippen molar-refractivity contribution in [3.05, 3.63) is 83.9 Å². The lowest BCUT2D eigenvalue weighted by Crippen LogP contribution is -2.40. The van der Waals surface area contributed by atoms with Gasteiger partial charge in [-0.15, -0.1) is 0 Å². The molecule has 1 aliphatic rings. The topological polar surface area (TPSA) is 131 Å². The fraction of sp³-hybridized carbons (Fsp3) is 0.269. The number of amides is 1. The van der Waals surface area contributed by atoms with E-state index in [0.717, 1.165) is 12.1 Å². The third kappa shape index (κ3) is 7.97. The van der Waals surface area contributed by atoms with E-state index in [1.165, 1.54) is 46.8 Å². The van der Waals surface area contributed by atoms with E-state index in [0.29, 0.717) is 24.8 Å². The van der Waals surface area contributed by atoms with Gasteiger partial charge in [-0.1, -0.05) is 18.2 Å². The van der Waals surface area contributed by atoms with Crippen LogP contribution in [0.4, 0.5) is 18.9 Å². The normalized spacial score (nSPS) is 14.8. The predicted molar refractivity (Wildman–Crippen MR) is 142 cm³/mol. The first-order valence-electron chi connectivity index (χ1n) is 12.2. The van der Waals surface area contributed by atoms with Crippen molar-refractivity contribution in [2.24, 2.45) is 0 Å². The Bertz CT molecular complexity index is 1570. The van der Waals surface area contributed by atoms with Gasteiger partial charge in [0.05, 0.1) is 28.6 Å². The van der Waals surface area contributed by atoms with E-state index in [-0.39, 0.29) is 47.5 Å². The Morgan fingerprint density at radius 1 is 0.902 bits per heavy atom. The van der Waals surface area contributed by atoms with Crippen LogP contribution < -0.4 is 14.8 Å². The van der Waals surface area contributed by atoms with Gasteiger partial charge in [-0.05, 0) is 60.2 Å². The van der Waals surface area contributed by atoms with Crippen LogP contribution in [-0.4, -0.2) is 60.0 Å². The number of alkyl halides is 3. The lowest BCUT2D eigenvalue weighted by molar-refractivity contribution is -0.137. The minimum atomic E-state index is -4.62. The molecule has 0 bridgehead atoms. The van der Waals surface area contributed by atoms with Crippen LogP contribution in [0.5, 0.6) is 5.75 Å². The minimum absolute atomic E-state index is 0.123. The number of nitrogens with zero attached hydrogens (tertiary/aromatic N) is 1. The molecule has 4 rings (SSSR count). The van der Waals surface area contributed by atoms with Gasteiger partial charge in [0.25, 0.3) is 15.9 Å². The first-order valence-corrected chi connectivity index (χ1v) is 15.1. The second kappa shape index (κ2) is 12.5.